The molecule has 0 bridgehead atoms. The monoisotopic (exact) mass is 679 g/mol. The van der Waals surface area contributed by atoms with Crippen molar-refractivity contribution in [3.05, 3.63) is 175 Å². The van der Waals surface area contributed by atoms with Crippen LogP contribution in [0.5, 0.6) is 0 Å². The van der Waals surface area contributed by atoms with E-state index in [-0.39, 0.29) is 5.41 Å². The van der Waals surface area contributed by atoms with Crippen LogP contribution < -0.4 is 0 Å². The highest BCUT2D eigenvalue weighted by atomic mass is 16.3. The summed E-state index contributed by atoms with van der Waals surface area (Å²) in [6, 6.07) is 58.0. The molecule has 3 aromatic heterocycles. The first-order chi connectivity index (χ1) is 26.0. The molecule has 0 radical (unpaired) electrons. The number of hydrogen-bond acceptors (Lipinski definition) is 3. The first kappa shape index (κ1) is 29.9. The molecule has 4 heteroatoms. The zero-order chi connectivity index (χ0) is 35.3. The van der Waals surface area contributed by atoms with Gasteiger partial charge in [0.15, 0.2) is 5.82 Å². The van der Waals surface area contributed by atoms with E-state index in [1.54, 1.807) is 0 Å². The SMILES string of the molecule is CC1(C)c2ccccc2-c2ccc3c4ccccc4n(-c4ccc(-c5nc(-c6ccccc6)cc(-c6ccc7c(c6)oc6ccccc67)n5)cc4)c3c21. The van der Waals surface area contributed by atoms with Crippen molar-refractivity contribution in [1.29, 1.82) is 0 Å². The molecule has 1 aliphatic rings. The van der Waals surface area contributed by atoms with E-state index < -0.39 is 0 Å². The van der Waals surface area contributed by atoms with Gasteiger partial charge in [-0.15, -0.1) is 0 Å². The van der Waals surface area contributed by atoms with Gasteiger partial charge in [0, 0.05) is 49.3 Å². The van der Waals surface area contributed by atoms with Gasteiger partial charge in [-0.2, -0.15) is 0 Å². The third kappa shape index (κ3) is 4.42. The third-order valence-electron chi connectivity index (χ3n) is 11.2. The smallest absolute Gasteiger partial charge is 0.160 e. The van der Waals surface area contributed by atoms with Crippen LogP contribution in [0, 0.1) is 0 Å². The Balaban J connectivity index is 1.08. The molecule has 0 unspecified atom stereocenters. The van der Waals surface area contributed by atoms with E-state index in [0.29, 0.717) is 5.82 Å². The summed E-state index contributed by atoms with van der Waals surface area (Å²) in [6.07, 6.45) is 0. The molecule has 0 spiro atoms. The Hall–Kier alpha value is -6.78. The molecule has 0 saturated carbocycles. The van der Waals surface area contributed by atoms with Gasteiger partial charge in [0.05, 0.1) is 22.4 Å². The second-order valence-electron chi connectivity index (χ2n) is 14.6. The number of furan rings is 1. The molecule has 11 rings (SSSR count). The number of hydrogen-bond donors (Lipinski definition) is 0. The van der Waals surface area contributed by atoms with Crippen molar-refractivity contribution in [2.24, 2.45) is 0 Å². The molecule has 250 valence electrons. The molecule has 0 N–H and O–H groups in total. The van der Waals surface area contributed by atoms with E-state index in [1.807, 2.05) is 36.4 Å². The molecule has 0 fully saturated rings. The lowest BCUT2D eigenvalue weighted by atomic mass is 9.81. The van der Waals surface area contributed by atoms with Crippen LogP contribution in [0.15, 0.2) is 168 Å². The first-order valence-corrected chi connectivity index (χ1v) is 18.2. The average molecular weight is 680 g/mol. The lowest BCUT2D eigenvalue weighted by Gasteiger charge is -2.23. The predicted molar refractivity (Wildman–Crippen MR) is 218 cm³/mol. The number of rotatable bonds is 4. The standard InChI is InChI=1S/C49H33N3O/c1-49(2)40-17-9-6-14-34(40)38-26-27-39-35-15-7-10-18-43(35)52(47(39)46(38)49)33-23-20-31(21-24-33)48-50-41(30-12-4-3-5-13-30)29-42(51-48)32-22-25-37-36-16-8-11-19-44(36)53-45(37)28-32/h3-29H,1-2H3. The summed E-state index contributed by atoms with van der Waals surface area (Å²) in [7, 11) is 0. The maximum absolute atomic E-state index is 6.27. The molecule has 3 heterocycles. The van der Waals surface area contributed by atoms with Gasteiger partial charge in [0.1, 0.15) is 11.2 Å². The van der Waals surface area contributed by atoms with Crippen molar-refractivity contribution in [3.63, 3.8) is 0 Å². The minimum Gasteiger partial charge on any atom is -0.456 e. The van der Waals surface area contributed by atoms with E-state index in [1.165, 1.54) is 44.1 Å². The molecule has 10 aromatic rings. The Morgan fingerprint density at radius 3 is 2.00 bits per heavy atom. The Labute approximate surface area is 306 Å². The van der Waals surface area contributed by atoms with Gasteiger partial charge in [-0.1, -0.05) is 123 Å². The number of benzene rings is 7. The molecule has 53 heavy (non-hydrogen) atoms. The van der Waals surface area contributed by atoms with Gasteiger partial charge >= 0.3 is 0 Å². The molecule has 0 aliphatic heterocycles. The highest BCUT2D eigenvalue weighted by Gasteiger charge is 2.38. The second kappa shape index (κ2) is 11.1. The summed E-state index contributed by atoms with van der Waals surface area (Å²) in [5.41, 5.74) is 15.2. The van der Waals surface area contributed by atoms with Crippen LogP contribution >= 0.6 is 0 Å². The van der Waals surface area contributed by atoms with E-state index in [0.717, 1.165) is 55.7 Å². The van der Waals surface area contributed by atoms with E-state index in [2.05, 4.69) is 146 Å². The van der Waals surface area contributed by atoms with Gasteiger partial charge in [-0.3, -0.25) is 0 Å². The highest BCUT2D eigenvalue weighted by molar-refractivity contribution is 6.13. The van der Waals surface area contributed by atoms with Crippen molar-refractivity contribution in [2.75, 3.05) is 0 Å². The van der Waals surface area contributed by atoms with E-state index in [4.69, 9.17) is 14.4 Å². The Kier molecular flexibility index (Phi) is 6.27. The van der Waals surface area contributed by atoms with Gasteiger partial charge in [0.25, 0.3) is 0 Å². The fourth-order valence-electron chi connectivity index (χ4n) is 8.71. The van der Waals surface area contributed by atoms with Crippen molar-refractivity contribution < 1.29 is 4.42 Å². The van der Waals surface area contributed by atoms with Crippen LogP contribution in [0.1, 0.15) is 25.0 Å². The topological polar surface area (TPSA) is 43.9 Å². The molecular formula is C49H33N3O. The average Bonchev–Trinajstić information content (AvgIpc) is 3.83. The number of aromatic nitrogens is 3. The fourth-order valence-corrected chi connectivity index (χ4v) is 8.71. The lowest BCUT2D eigenvalue weighted by molar-refractivity contribution is 0.664. The molecule has 0 atom stereocenters. The van der Waals surface area contributed by atoms with Crippen LogP contribution in [-0.4, -0.2) is 14.5 Å². The quantitative estimate of drug-likeness (QED) is 0.186. The minimum atomic E-state index is -0.148. The summed E-state index contributed by atoms with van der Waals surface area (Å²) in [4.78, 5) is 10.3. The Morgan fingerprint density at radius 2 is 1.15 bits per heavy atom. The van der Waals surface area contributed by atoms with E-state index >= 15 is 0 Å². The largest absolute Gasteiger partial charge is 0.456 e. The zero-order valence-corrected chi connectivity index (χ0v) is 29.3. The van der Waals surface area contributed by atoms with E-state index in [9.17, 15) is 0 Å². The lowest BCUT2D eigenvalue weighted by Crippen LogP contribution is -2.16. The summed E-state index contributed by atoms with van der Waals surface area (Å²) in [6.45, 7) is 4.73. The normalized spacial score (nSPS) is 13.2. The molecule has 0 amide bonds. The predicted octanol–water partition coefficient (Wildman–Crippen LogP) is 12.8. The number of nitrogens with zero attached hydrogens (tertiary/aromatic N) is 3. The molecular weight excluding hydrogens is 647 g/mol. The molecule has 7 aromatic carbocycles. The highest BCUT2D eigenvalue weighted by Crippen LogP contribution is 2.53. The van der Waals surface area contributed by atoms with Gasteiger partial charge < -0.3 is 8.98 Å². The van der Waals surface area contributed by atoms with Crippen LogP contribution in [0.2, 0.25) is 0 Å². The number of para-hydroxylation sites is 2. The van der Waals surface area contributed by atoms with Gasteiger partial charge in [-0.25, -0.2) is 9.97 Å². The van der Waals surface area contributed by atoms with Crippen molar-refractivity contribution >= 4 is 43.7 Å². The van der Waals surface area contributed by atoms with Crippen molar-refractivity contribution in [3.8, 4) is 50.7 Å². The minimum absolute atomic E-state index is 0.148. The van der Waals surface area contributed by atoms with Crippen LogP contribution in [0.25, 0.3) is 94.5 Å². The first-order valence-electron chi connectivity index (χ1n) is 18.2. The molecule has 0 saturated heterocycles. The van der Waals surface area contributed by atoms with Crippen LogP contribution in [-0.2, 0) is 5.41 Å². The zero-order valence-electron chi connectivity index (χ0n) is 29.3. The maximum Gasteiger partial charge on any atom is 0.160 e. The second-order valence-corrected chi connectivity index (χ2v) is 14.6. The maximum atomic E-state index is 6.27. The summed E-state index contributed by atoms with van der Waals surface area (Å²) in [5.74, 6) is 0.678. The summed E-state index contributed by atoms with van der Waals surface area (Å²) >= 11 is 0. The van der Waals surface area contributed by atoms with Crippen molar-refractivity contribution in [2.45, 2.75) is 19.3 Å². The third-order valence-corrected chi connectivity index (χ3v) is 11.2. The van der Waals surface area contributed by atoms with Crippen LogP contribution in [0.3, 0.4) is 0 Å². The van der Waals surface area contributed by atoms with Gasteiger partial charge in [-0.05, 0) is 76.9 Å². The Morgan fingerprint density at radius 1 is 0.491 bits per heavy atom. The summed E-state index contributed by atoms with van der Waals surface area (Å²) in [5, 5.41) is 4.74. The molecule has 1 aliphatic carbocycles. The Bertz CT molecular complexity index is 3080. The number of fused-ring (bicyclic) bond motifs is 10. The molecule has 4 nitrogen and oxygen atoms in total. The van der Waals surface area contributed by atoms with Gasteiger partial charge in [0.2, 0.25) is 0 Å². The summed E-state index contributed by atoms with van der Waals surface area (Å²) < 4.78 is 8.72. The van der Waals surface area contributed by atoms with Crippen LogP contribution in [0.4, 0.5) is 0 Å². The fraction of sp³-hybridized carbons (Fsp3) is 0.0612. The van der Waals surface area contributed by atoms with Crippen molar-refractivity contribution in [1.82, 2.24) is 14.5 Å².